The average Bonchev–Trinajstić information content (AvgIpc) is 2.92. The molecule has 0 saturated carbocycles. The van der Waals surface area contributed by atoms with Crippen LogP contribution in [-0.2, 0) is 14.8 Å². The highest BCUT2D eigenvalue weighted by atomic mass is 32.2. The topological polar surface area (TPSA) is 101 Å². The van der Waals surface area contributed by atoms with Gasteiger partial charge in [-0.2, -0.15) is 0 Å². The number of aromatic nitrogens is 1. The number of aliphatic imine (C=N–C) groups is 1. The van der Waals surface area contributed by atoms with Crippen LogP contribution in [0.5, 0.6) is 0 Å². The van der Waals surface area contributed by atoms with Gasteiger partial charge < -0.3 is 5.32 Å². The van der Waals surface area contributed by atoms with Crippen molar-refractivity contribution in [1.82, 2.24) is 15.0 Å². The number of hydrogen-bond acceptors (Lipinski definition) is 5. The minimum Gasteiger partial charge on any atom is -0.348 e. The van der Waals surface area contributed by atoms with Crippen molar-refractivity contribution in [1.29, 1.82) is 0 Å². The van der Waals surface area contributed by atoms with Crippen molar-refractivity contribution in [2.75, 3.05) is 0 Å². The molecule has 1 aliphatic rings. The zero-order valence-corrected chi connectivity index (χ0v) is 16.9. The number of fused-ring (bicyclic) bond motifs is 1. The van der Waals surface area contributed by atoms with E-state index in [0.717, 1.165) is 5.56 Å². The van der Waals surface area contributed by atoms with Crippen LogP contribution in [-0.4, -0.2) is 31.2 Å². The molecule has 0 saturated heterocycles. The van der Waals surface area contributed by atoms with E-state index in [9.17, 15) is 13.2 Å². The minimum absolute atomic E-state index is 0.183. The Balaban J connectivity index is 1.87. The number of carbonyl (C=O) groups is 1. The van der Waals surface area contributed by atoms with E-state index in [0.29, 0.717) is 12.0 Å². The summed E-state index contributed by atoms with van der Waals surface area (Å²) >= 11 is 0. The van der Waals surface area contributed by atoms with Gasteiger partial charge in [0.1, 0.15) is 11.9 Å². The summed E-state index contributed by atoms with van der Waals surface area (Å²) in [6.45, 7) is 5.89. The molecule has 0 aliphatic carbocycles. The predicted octanol–water partition coefficient (Wildman–Crippen LogP) is 2.41. The Kier molecular flexibility index (Phi) is 5.79. The molecule has 2 unspecified atom stereocenters. The fraction of sp³-hybridized carbons (Fsp3) is 0.350. The van der Waals surface area contributed by atoms with Gasteiger partial charge in [0.2, 0.25) is 5.91 Å². The van der Waals surface area contributed by atoms with E-state index in [1.54, 1.807) is 30.6 Å². The van der Waals surface area contributed by atoms with E-state index >= 15 is 0 Å². The summed E-state index contributed by atoms with van der Waals surface area (Å²) in [4.78, 5) is 21.6. The first-order valence-electron chi connectivity index (χ1n) is 9.18. The molecule has 148 valence electrons. The summed E-state index contributed by atoms with van der Waals surface area (Å²) in [6.07, 6.45) is 3.85. The van der Waals surface area contributed by atoms with E-state index < -0.39 is 16.1 Å². The molecule has 3 rings (SSSR count). The molecule has 2 aromatic rings. The molecule has 2 atom stereocenters. The molecule has 1 amide bonds. The molecular weight excluding hydrogens is 376 g/mol. The monoisotopic (exact) mass is 400 g/mol. The van der Waals surface area contributed by atoms with Crippen LogP contribution in [0.1, 0.15) is 44.4 Å². The minimum atomic E-state index is -3.64. The molecule has 1 aromatic heterocycles. The number of rotatable bonds is 6. The average molecular weight is 401 g/mol. The Morgan fingerprint density at radius 2 is 1.82 bits per heavy atom. The van der Waals surface area contributed by atoms with Crippen molar-refractivity contribution in [3.8, 4) is 0 Å². The van der Waals surface area contributed by atoms with Crippen molar-refractivity contribution in [3.05, 3.63) is 59.9 Å². The van der Waals surface area contributed by atoms with Crippen molar-refractivity contribution < 1.29 is 13.2 Å². The SMILES string of the molecule is CC(C)CC(N=C1NS(=O)(=O)c2ccccc21)C(=O)NC(C)c1ccncc1. The van der Waals surface area contributed by atoms with Gasteiger partial charge in [0.15, 0.2) is 0 Å². The number of pyridine rings is 1. The molecule has 0 fully saturated rings. The number of hydrogen-bond donors (Lipinski definition) is 2. The number of benzene rings is 1. The number of carbonyl (C=O) groups excluding carboxylic acids is 1. The number of amides is 1. The van der Waals surface area contributed by atoms with Gasteiger partial charge in [0.05, 0.1) is 10.9 Å². The second kappa shape index (κ2) is 8.10. The van der Waals surface area contributed by atoms with E-state index in [1.165, 1.54) is 6.07 Å². The van der Waals surface area contributed by atoms with Gasteiger partial charge in [-0.05, 0) is 49.1 Å². The third kappa shape index (κ3) is 4.39. The van der Waals surface area contributed by atoms with Gasteiger partial charge in [-0.1, -0.05) is 26.0 Å². The van der Waals surface area contributed by atoms with E-state index in [4.69, 9.17) is 0 Å². The number of amidine groups is 1. The predicted molar refractivity (Wildman–Crippen MR) is 107 cm³/mol. The zero-order chi connectivity index (χ0) is 20.3. The molecule has 0 radical (unpaired) electrons. The fourth-order valence-electron chi connectivity index (χ4n) is 3.10. The lowest BCUT2D eigenvalue weighted by Crippen LogP contribution is -2.37. The Labute approximate surface area is 165 Å². The lowest BCUT2D eigenvalue weighted by Gasteiger charge is -2.20. The van der Waals surface area contributed by atoms with Crippen molar-refractivity contribution in [2.45, 2.75) is 44.2 Å². The Hall–Kier alpha value is -2.74. The van der Waals surface area contributed by atoms with E-state index in [2.05, 4.69) is 20.0 Å². The molecule has 0 spiro atoms. The second-order valence-corrected chi connectivity index (χ2v) is 8.89. The molecule has 7 nitrogen and oxygen atoms in total. The van der Waals surface area contributed by atoms with Crippen LogP contribution < -0.4 is 10.0 Å². The van der Waals surface area contributed by atoms with Crippen molar-refractivity contribution >= 4 is 21.8 Å². The first kappa shape index (κ1) is 20.0. The molecule has 1 aromatic carbocycles. The van der Waals surface area contributed by atoms with Gasteiger partial charge in [-0.15, -0.1) is 0 Å². The number of nitrogens with zero attached hydrogens (tertiary/aromatic N) is 2. The standard InChI is InChI=1S/C20H24N4O3S/c1-13(2)12-17(20(25)22-14(3)15-8-10-21-11-9-15)23-19-16-6-4-5-7-18(16)28(26,27)24-19/h4-11,13-14,17H,12H2,1-3H3,(H,22,25)(H,23,24). The lowest BCUT2D eigenvalue weighted by molar-refractivity contribution is -0.123. The van der Waals surface area contributed by atoms with Gasteiger partial charge in [0.25, 0.3) is 10.0 Å². The number of nitrogens with one attached hydrogen (secondary N) is 2. The summed E-state index contributed by atoms with van der Waals surface area (Å²) in [5, 5.41) is 2.97. The van der Waals surface area contributed by atoms with Crippen LogP contribution in [0.4, 0.5) is 0 Å². The highest BCUT2D eigenvalue weighted by molar-refractivity contribution is 7.90. The van der Waals surface area contributed by atoms with Gasteiger partial charge in [0, 0.05) is 18.0 Å². The molecule has 8 heteroatoms. The Morgan fingerprint density at radius 3 is 2.50 bits per heavy atom. The molecule has 2 N–H and O–H groups in total. The molecule has 0 bridgehead atoms. The van der Waals surface area contributed by atoms with Crippen molar-refractivity contribution in [2.24, 2.45) is 10.9 Å². The summed E-state index contributed by atoms with van der Waals surface area (Å²) in [7, 11) is -3.64. The fourth-order valence-corrected chi connectivity index (χ4v) is 4.33. The maximum Gasteiger partial charge on any atom is 0.263 e. The maximum absolute atomic E-state index is 12.9. The van der Waals surface area contributed by atoms with Crippen LogP contribution in [0.25, 0.3) is 0 Å². The summed E-state index contributed by atoms with van der Waals surface area (Å²) in [6, 6.07) is 9.41. The molecule has 1 aliphatic heterocycles. The van der Waals surface area contributed by atoms with Gasteiger partial charge in [-0.3, -0.25) is 19.5 Å². The third-order valence-electron chi connectivity index (χ3n) is 4.51. The molecule has 2 heterocycles. The zero-order valence-electron chi connectivity index (χ0n) is 16.1. The normalized spacial score (nSPS) is 18.4. The highest BCUT2D eigenvalue weighted by Gasteiger charge is 2.32. The Morgan fingerprint density at radius 1 is 1.14 bits per heavy atom. The van der Waals surface area contributed by atoms with Crippen molar-refractivity contribution in [3.63, 3.8) is 0 Å². The smallest absolute Gasteiger partial charge is 0.263 e. The van der Waals surface area contributed by atoms with Gasteiger partial charge >= 0.3 is 0 Å². The van der Waals surface area contributed by atoms with Crippen LogP contribution in [0.15, 0.2) is 58.7 Å². The number of sulfonamides is 1. The van der Waals surface area contributed by atoms with E-state index in [-0.39, 0.29) is 28.6 Å². The van der Waals surface area contributed by atoms with Gasteiger partial charge in [-0.25, -0.2) is 8.42 Å². The molecule has 28 heavy (non-hydrogen) atoms. The largest absolute Gasteiger partial charge is 0.348 e. The van der Waals surface area contributed by atoms with Crippen LogP contribution in [0.3, 0.4) is 0 Å². The summed E-state index contributed by atoms with van der Waals surface area (Å²) < 4.78 is 27.1. The van der Waals surface area contributed by atoms with Crippen LogP contribution in [0, 0.1) is 5.92 Å². The second-order valence-electron chi connectivity index (χ2n) is 7.24. The molecular formula is C20H24N4O3S. The summed E-state index contributed by atoms with van der Waals surface area (Å²) in [5.41, 5.74) is 1.43. The lowest BCUT2D eigenvalue weighted by atomic mass is 10.0. The maximum atomic E-state index is 12.9. The summed E-state index contributed by atoms with van der Waals surface area (Å²) in [5.74, 6) is 0.187. The van der Waals surface area contributed by atoms with Crippen LogP contribution in [0.2, 0.25) is 0 Å². The quantitative estimate of drug-likeness (QED) is 0.778. The third-order valence-corrected chi connectivity index (χ3v) is 5.91. The highest BCUT2D eigenvalue weighted by Crippen LogP contribution is 2.23. The Bertz CT molecular complexity index is 988. The van der Waals surface area contributed by atoms with E-state index in [1.807, 2.05) is 32.9 Å². The van der Waals surface area contributed by atoms with Crippen LogP contribution >= 0.6 is 0 Å². The first-order valence-corrected chi connectivity index (χ1v) is 10.7. The first-order chi connectivity index (χ1) is 13.3.